The summed E-state index contributed by atoms with van der Waals surface area (Å²) in [6, 6.07) is 17.6. The molecular weight excluding hydrogens is 533 g/mol. The molecule has 0 bridgehead atoms. The number of benzene rings is 3. The highest BCUT2D eigenvalue weighted by molar-refractivity contribution is 7.86. The van der Waals surface area contributed by atoms with Crippen molar-refractivity contribution >= 4 is 16.1 Å². The van der Waals surface area contributed by atoms with E-state index in [1.54, 1.807) is 41.2 Å². The number of halogens is 3. The summed E-state index contributed by atoms with van der Waals surface area (Å²) in [4.78, 5) is 16.6. The van der Waals surface area contributed by atoms with Crippen LogP contribution in [0, 0.1) is 6.92 Å². The molecule has 208 valence electrons. The molecule has 3 aromatic rings. The Labute approximate surface area is 225 Å². The van der Waals surface area contributed by atoms with Crippen LogP contribution < -0.4 is 4.74 Å². The summed E-state index contributed by atoms with van der Waals surface area (Å²) in [7, 11) is -2.41. The van der Waals surface area contributed by atoms with Gasteiger partial charge in [0.25, 0.3) is 10.1 Å². The average molecular weight is 563 g/mol. The van der Waals surface area contributed by atoms with Crippen LogP contribution >= 0.6 is 0 Å². The van der Waals surface area contributed by atoms with Gasteiger partial charge < -0.3 is 14.5 Å². The Morgan fingerprint density at radius 3 is 2.08 bits per heavy atom. The van der Waals surface area contributed by atoms with E-state index in [0.29, 0.717) is 11.3 Å². The highest BCUT2D eigenvalue weighted by atomic mass is 32.2. The van der Waals surface area contributed by atoms with Crippen LogP contribution in [0.3, 0.4) is 0 Å². The summed E-state index contributed by atoms with van der Waals surface area (Å²) in [5.74, 6) is 0.668. The van der Waals surface area contributed by atoms with Gasteiger partial charge in [0.05, 0.1) is 30.2 Å². The fourth-order valence-electron chi connectivity index (χ4n) is 4.36. The van der Waals surface area contributed by atoms with Crippen LogP contribution in [0.1, 0.15) is 28.7 Å². The fraction of sp³-hybridized carbons (Fsp3) is 0.321. The summed E-state index contributed by atoms with van der Waals surface area (Å²) >= 11 is 0. The first kappa shape index (κ1) is 28.4. The van der Waals surface area contributed by atoms with E-state index < -0.39 is 21.9 Å². The molecule has 0 radical (unpaired) electrons. The Hall–Kier alpha value is -3.57. The summed E-state index contributed by atoms with van der Waals surface area (Å²) in [5.41, 5.74) is 1.56. The minimum Gasteiger partial charge on any atom is -0.497 e. The van der Waals surface area contributed by atoms with Crippen molar-refractivity contribution in [2.45, 2.75) is 43.5 Å². The number of carbonyl (C=O) groups excluding carboxylic acids is 1. The van der Waals surface area contributed by atoms with Crippen LogP contribution in [0.15, 0.2) is 77.7 Å². The van der Waals surface area contributed by atoms with Crippen molar-refractivity contribution in [3.05, 3.63) is 95.1 Å². The van der Waals surface area contributed by atoms with Gasteiger partial charge in [-0.2, -0.15) is 21.6 Å². The molecule has 1 unspecified atom stereocenters. The van der Waals surface area contributed by atoms with E-state index in [1.165, 1.54) is 24.3 Å². The lowest BCUT2D eigenvalue weighted by Crippen LogP contribution is -2.35. The minimum atomic E-state index is -4.44. The number of hydrogen-bond donors (Lipinski definition) is 0. The molecule has 1 fully saturated rings. The van der Waals surface area contributed by atoms with Gasteiger partial charge in [-0.05, 0) is 60.9 Å². The Morgan fingerprint density at radius 1 is 0.897 bits per heavy atom. The van der Waals surface area contributed by atoms with Crippen molar-refractivity contribution in [1.82, 2.24) is 9.80 Å². The smallest absolute Gasteiger partial charge is 0.416 e. The molecule has 0 N–H and O–H groups in total. The molecular formula is C28H29F3N2O5S. The number of carbonyl (C=O) groups is 1. The summed E-state index contributed by atoms with van der Waals surface area (Å²) in [6.45, 7) is 2.37. The molecule has 1 aliphatic rings. The van der Waals surface area contributed by atoms with Crippen LogP contribution in [0.25, 0.3) is 0 Å². The van der Waals surface area contributed by atoms with Crippen molar-refractivity contribution in [3.63, 3.8) is 0 Å². The first-order valence-corrected chi connectivity index (χ1v) is 13.7. The number of methoxy groups -OCH3 is 1. The average Bonchev–Trinajstić information content (AvgIpc) is 3.18. The maximum absolute atomic E-state index is 13.4. The quantitative estimate of drug-likeness (QED) is 0.300. The van der Waals surface area contributed by atoms with Crippen LogP contribution in [-0.2, 0) is 33.6 Å². The predicted molar refractivity (Wildman–Crippen MR) is 139 cm³/mol. The molecule has 0 saturated carbocycles. The molecule has 0 spiro atoms. The number of urea groups is 1. The van der Waals surface area contributed by atoms with E-state index in [0.717, 1.165) is 23.3 Å². The van der Waals surface area contributed by atoms with Gasteiger partial charge >= 0.3 is 12.2 Å². The number of amides is 2. The van der Waals surface area contributed by atoms with E-state index >= 15 is 0 Å². The largest absolute Gasteiger partial charge is 0.497 e. The first-order valence-electron chi connectivity index (χ1n) is 12.3. The second-order valence-electron chi connectivity index (χ2n) is 9.37. The zero-order valence-electron chi connectivity index (χ0n) is 21.5. The lowest BCUT2D eigenvalue weighted by atomic mass is 10.1. The molecule has 0 aliphatic carbocycles. The minimum absolute atomic E-state index is 0.0506. The van der Waals surface area contributed by atoms with Crippen molar-refractivity contribution in [2.75, 3.05) is 20.3 Å². The molecule has 3 aromatic carbocycles. The van der Waals surface area contributed by atoms with Gasteiger partial charge in [0.1, 0.15) is 5.75 Å². The van der Waals surface area contributed by atoms with Crippen LogP contribution in [-0.4, -0.2) is 50.6 Å². The number of alkyl halides is 3. The van der Waals surface area contributed by atoms with Crippen LogP contribution in [0.5, 0.6) is 5.75 Å². The van der Waals surface area contributed by atoms with E-state index in [2.05, 4.69) is 0 Å². The zero-order chi connectivity index (χ0) is 28.2. The number of ether oxygens (including phenoxy) is 1. The molecule has 4 rings (SSSR count). The molecule has 1 heterocycles. The van der Waals surface area contributed by atoms with Gasteiger partial charge in [0, 0.05) is 19.6 Å². The summed E-state index contributed by atoms with van der Waals surface area (Å²) in [6.07, 6.45) is -4.20. The summed E-state index contributed by atoms with van der Waals surface area (Å²) < 4.78 is 74.5. The maximum Gasteiger partial charge on any atom is 0.416 e. The van der Waals surface area contributed by atoms with Gasteiger partial charge in [0.15, 0.2) is 0 Å². The van der Waals surface area contributed by atoms with Crippen molar-refractivity contribution in [1.29, 1.82) is 0 Å². The van der Waals surface area contributed by atoms with Crippen molar-refractivity contribution < 1.29 is 35.3 Å². The van der Waals surface area contributed by atoms with Crippen LogP contribution in [0.4, 0.5) is 18.0 Å². The normalized spacial score (nSPS) is 16.1. The first-order chi connectivity index (χ1) is 18.5. The highest BCUT2D eigenvalue weighted by Gasteiger charge is 2.37. The van der Waals surface area contributed by atoms with Gasteiger partial charge in [0.2, 0.25) is 0 Å². The Kier molecular flexibility index (Phi) is 8.51. The Balaban J connectivity index is 1.47. The van der Waals surface area contributed by atoms with Gasteiger partial charge in [-0.15, -0.1) is 0 Å². The molecule has 39 heavy (non-hydrogen) atoms. The topological polar surface area (TPSA) is 76.2 Å². The molecule has 2 amide bonds. The van der Waals surface area contributed by atoms with Gasteiger partial charge in [-0.3, -0.25) is 4.18 Å². The third-order valence-electron chi connectivity index (χ3n) is 6.55. The standard InChI is InChI=1S/C28H29F3N2O5S/c1-20-3-13-26(14-4-20)39(35,36)38-16-15-24-19-32(17-21-5-9-23(10-6-21)28(29,30)31)27(34)33(24)18-22-7-11-25(37-2)12-8-22/h3-14,24H,15-19H2,1-2H3. The lowest BCUT2D eigenvalue weighted by molar-refractivity contribution is -0.137. The fourth-order valence-corrected chi connectivity index (χ4v) is 5.28. The van der Waals surface area contributed by atoms with E-state index in [4.69, 9.17) is 8.92 Å². The molecule has 11 heteroatoms. The Morgan fingerprint density at radius 2 is 1.49 bits per heavy atom. The predicted octanol–water partition coefficient (Wildman–Crippen LogP) is 5.62. The van der Waals surface area contributed by atoms with Gasteiger partial charge in [-0.1, -0.05) is 42.0 Å². The molecule has 1 saturated heterocycles. The monoisotopic (exact) mass is 562 g/mol. The molecule has 1 aliphatic heterocycles. The zero-order valence-corrected chi connectivity index (χ0v) is 22.3. The summed E-state index contributed by atoms with van der Waals surface area (Å²) in [5, 5.41) is 0. The van der Waals surface area contributed by atoms with Crippen molar-refractivity contribution in [2.24, 2.45) is 0 Å². The van der Waals surface area contributed by atoms with E-state index in [-0.39, 0.29) is 49.6 Å². The lowest BCUT2D eigenvalue weighted by Gasteiger charge is -2.23. The number of aryl methyl sites for hydroxylation is 1. The second kappa shape index (κ2) is 11.7. The van der Waals surface area contributed by atoms with Crippen LogP contribution in [0.2, 0.25) is 0 Å². The number of rotatable bonds is 10. The van der Waals surface area contributed by atoms with Crippen molar-refractivity contribution in [3.8, 4) is 5.75 Å². The highest BCUT2D eigenvalue weighted by Crippen LogP contribution is 2.30. The Bertz CT molecular complexity index is 1380. The second-order valence-corrected chi connectivity index (χ2v) is 11.0. The van der Waals surface area contributed by atoms with Gasteiger partial charge in [-0.25, -0.2) is 4.79 Å². The molecule has 1 atom stereocenters. The maximum atomic E-state index is 13.4. The molecule has 0 aromatic heterocycles. The number of hydrogen-bond acceptors (Lipinski definition) is 5. The van der Waals surface area contributed by atoms with E-state index in [9.17, 15) is 26.4 Å². The number of nitrogens with zero attached hydrogens (tertiary/aromatic N) is 2. The SMILES string of the molecule is COc1ccc(CN2C(=O)N(Cc3ccc(C(F)(F)F)cc3)CC2CCOS(=O)(=O)c2ccc(C)cc2)cc1. The third-order valence-corrected chi connectivity index (χ3v) is 7.88. The molecule has 7 nitrogen and oxygen atoms in total. The third kappa shape index (κ3) is 7.10. The van der Waals surface area contributed by atoms with E-state index in [1.807, 2.05) is 19.1 Å².